The lowest BCUT2D eigenvalue weighted by Gasteiger charge is -2.23. The Hall–Kier alpha value is -1.56. The fourth-order valence-corrected chi connectivity index (χ4v) is 2.39. The van der Waals surface area contributed by atoms with Gasteiger partial charge in [-0.2, -0.15) is 0 Å². The van der Waals surface area contributed by atoms with Gasteiger partial charge in [0.2, 0.25) is 0 Å². The van der Waals surface area contributed by atoms with Crippen LogP contribution in [-0.4, -0.2) is 0 Å². The lowest BCUT2D eigenvalue weighted by molar-refractivity contribution is 0.679. The molecule has 0 fully saturated rings. The molecule has 0 heterocycles. The molecule has 0 aromatic carbocycles. The van der Waals surface area contributed by atoms with Crippen molar-refractivity contribution in [3.8, 4) is 0 Å². The summed E-state index contributed by atoms with van der Waals surface area (Å²) in [4.78, 5) is 0. The normalized spacial score (nSPS) is 30.1. The molecule has 0 heteroatoms. The third-order valence-corrected chi connectivity index (χ3v) is 3.91. The fraction of sp³-hybridized carbons (Fsp3) is 0.368. The maximum atomic E-state index is 2.32. The number of hydrogen-bond donors (Lipinski definition) is 0. The highest BCUT2D eigenvalue weighted by molar-refractivity contribution is 5.44. The van der Waals surface area contributed by atoms with Gasteiger partial charge in [-0.1, -0.05) is 81.5 Å². The minimum atomic E-state index is -0.0158. The molecule has 0 aliphatic heterocycles. The Morgan fingerprint density at radius 1 is 1.00 bits per heavy atom. The van der Waals surface area contributed by atoms with Gasteiger partial charge < -0.3 is 0 Å². The molecule has 0 radical (unpaired) electrons. The predicted molar refractivity (Wildman–Crippen MR) is 84.8 cm³/mol. The maximum Gasteiger partial charge on any atom is 0.0289 e. The molecule has 2 aliphatic rings. The minimum absolute atomic E-state index is 0.0158. The highest BCUT2D eigenvalue weighted by Gasteiger charge is 2.22. The van der Waals surface area contributed by atoms with Crippen LogP contribution in [0, 0.1) is 17.3 Å². The van der Waals surface area contributed by atoms with Gasteiger partial charge in [0.1, 0.15) is 0 Å². The van der Waals surface area contributed by atoms with E-state index in [1.54, 1.807) is 0 Å². The first-order valence-electron chi connectivity index (χ1n) is 7.17. The van der Waals surface area contributed by atoms with E-state index in [0.29, 0.717) is 11.8 Å². The first kappa shape index (κ1) is 13.9. The van der Waals surface area contributed by atoms with E-state index in [2.05, 4.69) is 88.5 Å². The monoisotopic (exact) mass is 252 g/mol. The predicted octanol–water partition coefficient (Wildman–Crippen LogP) is 5.39. The third kappa shape index (κ3) is 3.26. The van der Waals surface area contributed by atoms with Crippen LogP contribution in [-0.2, 0) is 0 Å². The molecule has 2 unspecified atom stereocenters. The SMILES string of the molecule is CC1C=CC=C(C2(C)C=CC=C(C(C)C)C=C2)C=C1. The molecule has 0 saturated heterocycles. The highest BCUT2D eigenvalue weighted by atomic mass is 14.3. The molecule has 0 bridgehead atoms. The van der Waals surface area contributed by atoms with Crippen LogP contribution >= 0.6 is 0 Å². The van der Waals surface area contributed by atoms with Gasteiger partial charge in [-0.25, -0.2) is 0 Å². The average Bonchev–Trinajstić information content (AvgIpc) is 2.68. The molecule has 19 heavy (non-hydrogen) atoms. The Kier molecular flexibility index (Phi) is 4.09. The molecule has 0 nitrogen and oxygen atoms in total. The van der Waals surface area contributed by atoms with Crippen molar-refractivity contribution < 1.29 is 0 Å². The van der Waals surface area contributed by atoms with Crippen molar-refractivity contribution in [3.63, 3.8) is 0 Å². The van der Waals surface area contributed by atoms with E-state index in [0.717, 1.165) is 0 Å². The second-order valence-corrected chi connectivity index (χ2v) is 6.02. The zero-order chi connectivity index (χ0) is 13.9. The summed E-state index contributed by atoms with van der Waals surface area (Å²) in [7, 11) is 0. The Morgan fingerprint density at radius 2 is 1.79 bits per heavy atom. The second kappa shape index (κ2) is 5.61. The molecular weight excluding hydrogens is 228 g/mol. The fourth-order valence-electron chi connectivity index (χ4n) is 2.39. The van der Waals surface area contributed by atoms with Gasteiger partial charge in [0, 0.05) is 5.41 Å². The van der Waals surface area contributed by atoms with Gasteiger partial charge in [-0.05, 0) is 29.9 Å². The molecule has 0 N–H and O–H groups in total. The summed E-state index contributed by atoms with van der Waals surface area (Å²) in [6.07, 6.45) is 22.5. The van der Waals surface area contributed by atoms with E-state index in [-0.39, 0.29) is 5.41 Å². The molecule has 0 aromatic rings. The molecule has 0 spiro atoms. The summed E-state index contributed by atoms with van der Waals surface area (Å²) in [6, 6.07) is 0. The van der Waals surface area contributed by atoms with Crippen LogP contribution in [0.25, 0.3) is 0 Å². The lowest BCUT2D eigenvalue weighted by Crippen LogP contribution is -2.11. The first-order valence-corrected chi connectivity index (χ1v) is 7.17. The first-order chi connectivity index (χ1) is 9.01. The Balaban J connectivity index is 2.31. The molecule has 0 aromatic heterocycles. The zero-order valence-electron chi connectivity index (χ0n) is 12.4. The van der Waals surface area contributed by atoms with Gasteiger partial charge in [0.15, 0.2) is 0 Å². The highest BCUT2D eigenvalue weighted by Crippen LogP contribution is 2.35. The van der Waals surface area contributed by atoms with Gasteiger partial charge >= 0.3 is 0 Å². The van der Waals surface area contributed by atoms with Crippen molar-refractivity contribution in [2.24, 2.45) is 17.3 Å². The largest absolute Gasteiger partial charge is 0.0779 e. The molecule has 2 atom stereocenters. The molecule has 2 aliphatic carbocycles. The quantitative estimate of drug-likeness (QED) is 0.618. The maximum absolute atomic E-state index is 2.32. The van der Waals surface area contributed by atoms with E-state index in [4.69, 9.17) is 0 Å². The standard InChI is InChI=1S/C19H24/c1-15(2)17-8-6-13-19(4,14-12-17)18-9-5-7-16(3)10-11-18/h5-16H,1-4H3. The summed E-state index contributed by atoms with van der Waals surface area (Å²) in [5.41, 5.74) is 2.72. The summed E-state index contributed by atoms with van der Waals surface area (Å²) in [6.45, 7) is 8.96. The van der Waals surface area contributed by atoms with Crippen molar-refractivity contribution in [3.05, 3.63) is 71.9 Å². The minimum Gasteiger partial charge on any atom is -0.0779 e. The van der Waals surface area contributed by atoms with E-state index in [9.17, 15) is 0 Å². The summed E-state index contributed by atoms with van der Waals surface area (Å²) in [5.74, 6) is 1.09. The Bertz CT molecular complexity index is 506. The lowest BCUT2D eigenvalue weighted by atomic mass is 9.80. The number of rotatable bonds is 2. The van der Waals surface area contributed by atoms with Crippen molar-refractivity contribution in [1.82, 2.24) is 0 Å². The Labute approximate surface area is 117 Å². The molecule has 100 valence electrons. The zero-order valence-corrected chi connectivity index (χ0v) is 12.4. The number of allylic oxidation sites excluding steroid dienone is 12. The van der Waals surface area contributed by atoms with Crippen molar-refractivity contribution >= 4 is 0 Å². The van der Waals surface area contributed by atoms with Crippen LogP contribution in [0.4, 0.5) is 0 Å². The summed E-state index contributed by atoms with van der Waals surface area (Å²) < 4.78 is 0. The van der Waals surface area contributed by atoms with Crippen LogP contribution in [0.5, 0.6) is 0 Å². The van der Waals surface area contributed by atoms with Gasteiger partial charge in [-0.3, -0.25) is 0 Å². The van der Waals surface area contributed by atoms with Crippen LogP contribution in [0.3, 0.4) is 0 Å². The second-order valence-electron chi connectivity index (χ2n) is 6.02. The van der Waals surface area contributed by atoms with E-state index < -0.39 is 0 Å². The van der Waals surface area contributed by atoms with Crippen LogP contribution in [0.1, 0.15) is 27.7 Å². The molecule has 2 rings (SSSR count). The third-order valence-electron chi connectivity index (χ3n) is 3.91. The van der Waals surface area contributed by atoms with Crippen LogP contribution in [0.2, 0.25) is 0 Å². The summed E-state index contributed by atoms with van der Waals surface area (Å²) >= 11 is 0. The van der Waals surface area contributed by atoms with Crippen molar-refractivity contribution in [2.45, 2.75) is 27.7 Å². The van der Waals surface area contributed by atoms with Gasteiger partial charge in [0.05, 0.1) is 0 Å². The van der Waals surface area contributed by atoms with Gasteiger partial charge in [0.25, 0.3) is 0 Å². The van der Waals surface area contributed by atoms with E-state index in [1.807, 2.05) is 0 Å². The van der Waals surface area contributed by atoms with Crippen molar-refractivity contribution in [2.75, 3.05) is 0 Å². The van der Waals surface area contributed by atoms with E-state index >= 15 is 0 Å². The molecular formula is C19H24. The van der Waals surface area contributed by atoms with Crippen molar-refractivity contribution in [1.29, 1.82) is 0 Å². The Morgan fingerprint density at radius 3 is 2.53 bits per heavy atom. The topological polar surface area (TPSA) is 0 Å². The van der Waals surface area contributed by atoms with Gasteiger partial charge in [-0.15, -0.1) is 0 Å². The smallest absolute Gasteiger partial charge is 0.0289 e. The number of hydrogen-bond acceptors (Lipinski definition) is 0. The summed E-state index contributed by atoms with van der Waals surface area (Å²) in [5, 5.41) is 0. The van der Waals surface area contributed by atoms with E-state index in [1.165, 1.54) is 11.1 Å². The average molecular weight is 252 g/mol. The van der Waals surface area contributed by atoms with Crippen LogP contribution < -0.4 is 0 Å². The van der Waals surface area contributed by atoms with Crippen LogP contribution in [0.15, 0.2) is 71.9 Å². The molecule has 0 amide bonds. The molecule has 0 saturated carbocycles.